The van der Waals surface area contributed by atoms with Gasteiger partial charge in [-0.05, 0) is 45.5 Å². The summed E-state index contributed by atoms with van der Waals surface area (Å²) < 4.78 is 0. The van der Waals surface area contributed by atoms with Crippen LogP contribution in [0.4, 0.5) is 0 Å². The molecule has 136 valence electrons. The normalized spacial score (nSPS) is 16.6. The third-order valence-electron chi connectivity index (χ3n) is 5.85. The summed E-state index contributed by atoms with van der Waals surface area (Å²) in [5.74, 6) is 0.175. The summed E-state index contributed by atoms with van der Waals surface area (Å²) >= 11 is 0. The molecule has 2 atom stereocenters. The Morgan fingerprint density at radius 3 is 2.29 bits per heavy atom. The molecule has 0 spiro atoms. The van der Waals surface area contributed by atoms with E-state index in [1.165, 1.54) is 22.3 Å². The Balaban J connectivity index is 1.78. The molecule has 0 aliphatic heterocycles. The lowest BCUT2D eigenvalue weighted by atomic mass is 9.81. The molecular formula is C27H22O. The highest BCUT2D eigenvalue weighted by atomic mass is 16.3. The number of fused-ring (bicyclic) bond motifs is 2. The van der Waals surface area contributed by atoms with Gasteiger partial charge < -0.3 is 5.11 Å². The van der Waals surface area contributed by atoms with Crippen LogP contribution in [0.2, 0.25) is 0 Å². The Kier molecular flexibility index (Phi) is 4.11. The van der Waals surface area contributed by atoms with Crippen molar-refractivity contribution in [3.05, 3.63) is 124 Å². The molecule has 0 saturated heterocycles. The first-order chi connectivity index (χ1) is 13.7. The molecule has 4 aromatic rings. The van der Waals surface area contributed by atoms with Crippen LogP contribution in [0.1, 0.15) is 46.8 Å². The van der Waals surface area contributed by atoms with Gasteiger partial charge in [0.1, 0.15) is 6.10 Å². The van der Waals surface area contributed by atoms with E-state index in [0.717, 1.165) is 21.9 Å². The van der Waals surface area contributed by atoms with Crippen molar-refractivity contribution < 1.29 is 5.11 Å². The maximum Gasteiger partial charge on any atom is 0.105 e. The summed E-state index contributed by atoms with van der Waals surface area (Å²) in [7, 11) is 0. The van der Waals surface area contributed by atoms with Crippen LogP contribution < -0.4 is 0 Å². The highest BCUT2D eigenvalue weighted by Crippen LogP contribution is 2.45. The third-order valence-corrected chi connectivity index (χ3v) is 5.85. The van der Waals surface area contributed by atoms with E-state index in [1.807, 2.05) is 30.3 Å². The molecule has 0 bridgehead atoms. The summed E-state index contributed by atoms with van der Waals surface area (Å²) in [4.78, 5) is 0. The van der Waals surface area contributed by atoms with E-state index in [4.69, 9.17) is 0 Å². The van der Waals surface area contributed by atoms with Gasteiger partial charge in [0.15, 0.2) is 0 Å². The van der Waals surface area contributed by atoms with Crippen LogP contribution in [0.5, 0.6) is 0 Å². The van der Waals surface area contributed by atoms with E-state index < -0.39 is 6.10 Å². The van der Waals surface area contributed by atoms with Crippen molar-refractivity contribution in [3.8, 4) is 0 Å². The van der Waals surface area contributed by atoms with Crippen LogP contribution in [0.25, 0.3) is 16.8 Å². The zero-order valence-corrected chi connectivity index (χ0v) is 15.8. The fraction of sp³-hybridized carbons (Fsp3) is 0.111. The van der Waals surface area contributed by atoms with Gasteiger partial charge in [0, 0.05) is 5.92 Å². The van der Waals surface area contributed by atoms with Gasteiger partial charge in [0.25, 0.3) is 0 Å². The first-order valence-electron chi connectivity index (χ1n) is 9.75. The van der Waals surface area contributed by atoms with Gasteiger partial charge in [-0.2, -0.15) is 0 Å². The van der Waals surface area contributed by atoms with Crippen molar-refractivity contribution in [2.24, 2.45) is 0 Å². The highest BCUT2D eigenvalue weighted by Gasteiger charge is 2.29. The third kappa shape index (κ3) is 2.67. The van der Waals surface area contributed by atoms with E-state index in [1.54, 1.807) is 0 Å². The summed E-state index contributed by atoms with van der Waals surface area (Å²) in [5, 5.41) is 13.7. The molecule has 0 amide bonds. The van der Waals surface area contributed by atoms with Crippen LogP contribution >= 0.6 is 0 Å². The van der Waals surface area contributed by atoms with E-state index in [9.17, 15) is 5.11 Å². The van der Waals surface area contributed by atoms with Crippen molar-refractivity contribution >= 4 is 16.8 Å². The summed E-state index contributed by atoms with van der Waals surface area (Å²) in [5.41, 5.74) is 7.04. The maximum atomic E-state index is 11.4. The van der Waals surface area contributed by atoms with E-state index in [2.05, 4.69) is 73.7 Å². The second kappa shape index (κ2) is 6.78. The van der Waals surface area contributed by atoms with Gasteiger partial charge in [-0.3, -0.25) is 0 Å². The molecule has 4 aromatic carbocycles. The van der Waals surface area contributed by atoms with Gasteiger partial charge in [0.05, 0.1) is 0 Å². The van der Waals surface area contributed by atoms with Crippen molar-refractivity contribution in [3.63, 3.8) is 0 Å². The Hall–Kier alpha value is -3.16. The molecule has 0 radical (unpaired) electrons. The summed E-state index contributed by atoms with van der Waals surface area (Å²) in [6, 6.07) is 31.3. The molecule has 0 fully saturated rings. The molecular weight excluding hydrogens is 340 g/mol. The first-order valence-corrected chi connectivity index (χ1v) is 9.75. The molecule has 1 N–H and O–H groups in total. The molecule has 0 heterocycles. The SMILES string of the molecule is CC1=Cc2ccccc2C1c1ccc2ccccc2c1C(O)c1ccccc1. The topological polar surface area (TPSA) is 20.2 Å². The number of hydrogen-bond donors (Lipinski definition) is 1. The zero-order valence-electron chi connectivity index (χ0n) is 15.8. The number of benzene rings is 4. The molecule has 1 aliphatic rings. The standard InChI is InChI=1S/C27H22O/c1-18-17-21-12-6-8-14-23(21)25(18)24-16-15-19-9-5-7-13-22(19)26(24)27(28)20-10-3-2-4-11-20/h2-17,25,27-28H,1H3. The summed E-state index contributed by atoms with van der Waals surface area (Å²) in [6.07, 6.45) is 1.61. The minimum atomic E-state index is -0.664. The molecule has 0 aromatic heterocycles. The minimum absolute atomic E-state index is 0.175. The largest absolute Gasteiger partial charge is 0.384 e. The lowest BCUT2D eigenvalue weighted by molar-refractivity contribution is 0.220. The van der Waals surface area contributed by atoms with E-state index in [0.29, 0.717) is 0 Å². The maximum absolute atomic E-state index is 11.4. The van der Waals surface area contributed by atoms with E-state index >= 15 is 0 Å². The predicted molar refractivity (Wildman–Crippen MR) is 116 cm³/mol. The Morgan fingerprint density at radius 2 is 1.43 bits per heavy atom. The molecule has 1 nitrogen and oxygen atoms in total. The van der Waals surface area contributed by atoms with Crippen LogP contribution in [0, 0.1) is 0 Å². The Morgan fingerprint density at radius 1 is 0.714 bits per heavy atom. The lowest BCUT2D eigenvalue weighted by Crippen LogP contribution is -2.09. The van der Waals surface area contributed by atoms with Crippen LogP contribution in [-0.2, 0) is 0 Å². The number of allylic oxidation sites excluding steroid dienone is 1. The Bertz CT molecular complexity index is 1190. The smallest absolute Gasteiger partial charge is 0.105 e. The summed E-state index contributed by atoms with van der Waals surface area (Å²) in [6.45, 7) is 2.19. The van der Waals surface area contributed by atoms with Crippen molar-refractivity contribution in [1.29, 1.82) is 0 Å². The van der Waals surface area contributed by atoms with Gasteiger partial charge in [0.2, 0.25) is 0 Å². The molecule has 1 aliphatic carbocycles. The average Bonchev–Trinajstić information content (AvgIpc) is 3.08. The molecule has 1 heteroatoms. The monoisotopic (exact) mass is 362 g/mol. The average molecular weight is 362 g/mol. The molecule has 5 rings (SSSR count). The highest BCUT2D eigenvalue weighted by molar-refractivity contribution is 5.88. The Labute approximate surface area is 165 Å². The number of hydrogen-bond acceptors (Lipinski definition) is 1. The van der Waals surface area contributed by atoms with E-state index in [-0.39, 0.29) is 5.92 Å². The van der Waals surface area contributed by atoms with Gasteiger partial charge >= 0.3 is 0 Å². The predicted octanol–water partition coefficient (Wildman–Crippen LogP) is 6.47. The van der Waals surface area contributed by atoms with Gasteiger partial charge in [-0.1, -0.05) is 103 Å². The van der Waals surface area contributed by atoms with Crippen molar-refractivity contribution in [2.75, 3.05) is 0 Å². The lowest BCUT2D eigenvalue weighted by Gasteiger charge is -2.24. The van der Waals surface area contributed by atoms with Gasteiger partial charge in [-0.15, -0.1) is 0 Å². The number of aliphatic hydroxyl groups excluding tert-OH is 1. The van der Waals surface area contributed by atoms with Gasteiger partial charge in [-0.25, -0.2) is 0 Å². The molecule has 2 unspecified atom stereocenters. The fourth-order valence-corrected chi connectivity index (χ4v) is 4.56. The van der Waals surface area contributed by atoms with Crippen molar-refractivity contribution in [1.82, 2.24) is 0 Å². The molecule has 28 heavy (non-hydrogen) atoms. The van der Waals surface area contributed by atoms with Crippen LogP contribution in [-0.4, -0.2) is 5.11 Å². The second-order valence-corrected chi connectivity index (χ2v) is 7.55. The number of rotatable bonds is 3. The van der Waals surface area contributed by atoms with Crippen LogP contribution in [0.15, 0.2) is 96.6 Å². The van der Waals surface area contributed by atoms with Crippen LogP contribution in [0.3, 0.4) is 0 Å². The molecule has 0 saturated carbocycles. The second-order valence-electron chi connectivity index (χ2n) is 7.55. The first kappa shape index (κ1) is 17.0. The number of aliphatic hydroxyl groups is 1. The van der Waals surface area contributed by atoms with Crippen molar-refractivity contribution in [2.45, 2.75) is 18.9 Å². The quantitative estimate of drug-likeness (QED) is 0.443. The zero-order chi connectivity index (χ0) is 19.1. The minimum Gasteiger partial charge on any atom is -0.384 e. The fourth-order valence-electron chi connectivity index (χ4n) is 4.56.